The molecule has 1 aromatic rings. The van der Waals surface area contributed by atoms with Crippen LogP contribution < -0.4 is 4.74 Å². The number of carbonyl (C=O) groups excluding carboxylic acids is 2. The maximum Gasteiger partial charge on any atom is 0.302 e. The Morgan fingerprint density at radius 1 is 1.24 bits per heavy atom. The van der Waals surface area contributed by atoms with Gasteiger partial charge in [0.2, 0.25) is 5.75 Å². The zero-order valence-electron chi connectivity index (χ0n) is 21.5. The fourth-order valence-electron chi connectivity index (χ4n) is 5.66. The molecule has 3 aliphatic rings. The van der Waals surface area contributed by atoms with Crippen LogP contribution in [0.5, 0.6) is 17.2 Å². The van der Waals surface area contributed by atoms with Gasteiger partial charge in [0.05, 0.1) is 13.7 Å². The van der Waals surface area contributed by atoms with Crippen LogP contribution in [0.25, 0.3) is 0 Å². The number of Topliss-reactive ketones (excluding diaryl/α,β-unsaturated/α-hetero) is 1. The molecule has 1 saturated heterocycles. The van der Waals surface area contributed by atoms with Crippen LogP contribution in [-0.4, -0.2) is 59.4 Å². The number of ketones is 1. The lowest BCUT2D eigenvalue weighted by Gasteiger charge is -2.46. The van der Waals surface area contributed by atoms with Gasteiger partial charge in [-0.15, -0.1) is 0 Å². The zero-order chi connectivity index (χ0) is 26.6. The average molecular weight is 546 g/mol. The molecule has 0 amide bonds. The molecule has 37 heavy (non-hydrogen) atoms. The lowest BCUT2D eigenvalue weighted by molar-refractivity contribution is -0.153. The number of phenols is 2. The van der Waals surface area contributed by atoms with Gasteiger partial charge in [0.1, 0.15) is 11.9 Å². The molecule has 0 aromatic heterocycles. The second-order valence-electron chi connectivity index (χ2n) is 9.99. The SMILES string of the molecule is CC[C@@H]1C=C[C@@]2(C3=CCN=C3)CSSC[C@H](c3cc(O)c(O)c(OC)c3)CC(=O)C[C@H](OC(C)=O)[C@H]2C1. The second kappa shape index (κ2) is 12.0. The third-order valence-corrected chi connectivity index (χ3v) is 10.2. The van der Waals surface area contributed by atoms with Crippen molar-refractivity contribution >= 4 is 39.6 Å². The van der Waals surface area contributed by atoms with E-state index in [0.717, 1.165) is 29.7 Å². The largest absolute Gasteiger partial charge is 0.504 e. The van der Waals surface area contributed by atoms with Crippen LogP contribution >= 0.6 is 21.6 Å². The Balaban J connectivity index is 1.72. The molecule has 0 unspecified atom stereocenters. The summed E-state index contributed by atoms with van der Waals surface area (Å²) < 4.78 is 11.1. The Hall–Kier alpha value is -2.39. The lowest BCUT2D eigenvalue weighted by atomic mass is 9.61. The van der Waals surface area contributed by atoms with Crippen molar-refractivity contribution in [2.45, 2.75) is 51.6 Å². The van der Waals surface area contributed by atoms with E-state index in [1.165, 1.54) is 20.1 Å². The molecule has 4 rings (SSSR count). The van der Waals surface area contributed by atoms with E-state index in [1.807, 2.05) is 6.21 Å². The van der Waals surface area contributed by atoms with E-state index in [4.69, 9.17) is 9.47 Å². The molecule has 0 spiro atoms. The summed E-state index contributed by atoms with van der Waals surface area (Å²) in [5, 5.41) is 20.3. The monoisotopic (exact) mass is 545 g/mol. The molecule has 0 radical (unpaired) electrons. The summed E-state index contributed by atoms with van der Waals surface area (Å²) in [5.41, 5.74) is 1.47. The summed E-state index contributed by atoms with van der Waals surface area (Å²) in [6.45, 7) is 4.20. The van der Waals surface area contributed by atoms with E-state index >= 15 is 0 Å². The molecule has 2 aliphatic heterocycles. The Bertz CT molecular complexity index is 1120. The number of aromatic hydroxyl groups is 2. The van der Waals surface area contributed by atoms with Gasteiger partial charge >= 0.3 is 5.97 Å². The highest BCUT2D eigenvalue weighted by molar-refractivity contribution is 8.76. The number of allylic oxidation sites excluding steroid dienone is 3. The fourth-order valence-corrected chi connectivity index (χ4v) is 8.60. The van der Waals surface area contributed by atoms with Crippen LogP contribution in [0, 0.1) is 17.3 Å². The van der Waals surface area contributed by atoms with E-state index in [9.17, 15) is 19.8 Å². The molecule has 1 aromatic carbocycles. The summed E-state index contributed by atoms with van der Waals surface area (Å²) in [6.07, 6.45) is 10.3. The van der Waals surface area contributed by atoms with Crippen LogP contribution in [0.3, 0.4) is 0 Å². The van der Waals surface area contributed by atoms with Crippen molar-refractivity contribution in [2.75, 3.05) is 25.2 Å². The van der Waals surface area contributed by atoms with Gasteiger partial charge in [-0.2, -0.15) is 0 Å². The van der Waals surface area contributed by atoms with Gasteiger partial charge in [-0.25, -0.2) is 0 Å². The molecule has 2 heterocycles. The number of methoxy groups -OCH3 is 1. The van der Waals surface area contributed by atoms with Crippen LogP contribution in [0.2, 0.25) is 0 Å². The van der Waals surface area contributed by atoms with Crippen molar-refractivity contribution in [3.05, 3.63) is 41.5 Å². The summed E-state index contributed by atoms with van der Waals surface area (Å²) in [5.74, 6) is 0.687. The number of hydrogen-bond acceptors (Lipinski definition) is 9. The highest BCUT2D eigenvalue weighted by Gasteiger charge is 2.48. The predicted octanol–water partition coefficient (Wildman–Crippen LogP) is 5.47. The molecule has 2 N–H and O–H groups in total. The first kappa shape index (κ1) is 27.6. The maximum absolute atomic E-state index is 13.5. The Morgan fingerprint density at radius 3 is 2.73 bits per heavy atom. The van der Waals surface area contributed by atoms with Crippen molar-refractivity contribution in [1.29, 1.82) is 0 Å². The number of esters is 1. The lowest BCUT2D eigenvalue weighted by Crippen LogP contribution is -2.46. The molecule has 0 saturated carbocycles. The van der Waals surface area contributed by atoms with Gasteiger partial charge in [-0.3, -0.25) is 14.6 Å². The third kappa shape index (κ3) is 6.03. The molecular weight excluding hydrogens is 510 g/mol. The number of benzene rings is 1. The Morgan fingerprint density at radius 2 is 2.05 bits per heavy atom. The number of rotatable bonds is 5. The number of carbonyl (C=O) groups is 2. The molecule has 9 heteroatoms. The summed E-state index contributed by atoms with van der Waals surface area (Å²) in [7, 11) is 4.86. The van der Waals surface area contributed by atoms with Crippen molar-refractivity contribution in [3.8, 4) is 17.2 Å². The smallest absolute Gasteiger partial charge is 0.302 e. The number of phenolic OH excluding ortho intramolecular Hbond substituents is 2. The molecule has 0 bridgehead atoms. The van der Waals surface area contributed by atoms with E-state index in [-0.39, 0.29) is 59.1 Å². The molecule has 200 valence electrons. The molecular formula is C28H35NO6S2. The van der Waals surface area contributed by atoms with Gasteiger partial charge in [0.25, 0.3) is 0 Å². The maximum atomic E-state index is 13.5. The summed E-state index contributed by atoms with van der Waals surface area (Å²) in [6, 6.07) is 3.18. The minimum Gasteiger partial charge on any atom is -0.504 e. The van der Waals surface area contributed by atoms with Crippen molar-refractivity contribution in [2.24, 2.45) is 22.2 Å². The van der Waals surface area contributed by atoms with Crippen molar-refractivity contribution in [1.82, 2.24) is 0 Å². The summed E-state index contributed by atoms with van der Waals surface area (Å²) >= 11 is 0. The highest BCUT2D eigenvalue weighted by Crippen LogP contribution is 2.52. The molecule has 1 fully saturated rings. The number of aliphatic imine (C=N–C) groups is 1. The minimum absolute atomic E-state index is 0.000789. The van der Waals surface area contributed by atoms with E-state index in [2.05, 4.69) is 30.1 Å². The number of ether oxygens (including phenoxy) is 2. The van der Waals surface area contributed by atoms with E-state index in [0.29, 0.717) is 18.2 Å². The number of hydrogen-bond donors (Lipinski definition) is 2. The normalized spacial score (nSPS) is 30.2. The van der Waals surface area contributed by atoms with Crippen molar-refractivity contribution < 1.29 is 29.3 Å². The third-order valence-electron chi connectivity index (χ3n) is 7.68. The van der Waals surface area contributed by atoms with Crippen LogP contribution in [0.15, 0.2) is 40.9 Å². The van der Waals surface area contributed by atoms with Crippen molar-refractivity contribution in [3.63, 3.8) is 0 Å². The van der Waals surface area contributed by atoms with Crippen LogP contribution in [0.4, 0.5) is 0 Å². The standard InChI is InChI=1S/C28H35NO6S2/c1-4-18-5-7-28(21-6-8-29-14-21)16-37-36-15-20(19-11-24(32)27(33)26(12-19)34-3)10-22(31)13-25(23(28)9-18)35-17(2)30/h5-7,11-12,14,18,20,23,25,32-33H,4,8-10,13,15-16H2,1-3H3/t18-,20-,23-,25+,28+/m1/s1. The first-order chi connectivity index (χ1) is 17.8. The second-order valence-corrected chi connectivity index (χ2v) is 12.5. The molecule has 5 atom stereocenters. The van der Waals surface area contributed by atoms with Crippen LogP contribution in [-0.2, 0) is 14.3 Å². The Labute approximate surface area is 226 Å². The highest BCUT2D eigenvalue weighted by atomic mass is 33.1. The van der Waals surface area contributed by atoms with Gasteiger partial charge in [0.15, 0.2) is 11.5 Å². The van der Waals surface area contributed by atoms with Gasteiger partial charge in [-0.1, -0.05) is 46.7 Å². The Kier molecular flexibility index (Phi) is 8.95. The van der Waals surface area contributed by atoms with E-state index in [1.54, 1.807) is 27.7 Å². The van der Waals surface area contributed by atoms with Gasteiger partial charge in [0, 0.05) is 54.7 Å². The predicted molar refractivity (Wildman–Crippen MR) is 149 cm³/mol. The molecule has 1 aliphatic carbocycles. The first-order valence-corrected chi connectivity index (χ1v) is 15.2. The minimum atomic E-state index is -0.550. The quantitative estimate of drug-likeness (QED) is 0.217. The first-order valence-electron chi connectivity index (χ1n) is 12.7. The summed E-state index contributed by atoms with van der Waals surface area (Å²) in [4.78, 5) is 30.3. The number of nitrogens with zero attached hydrogens (tertiary/aromatic N) is 1. The fraction of sp³-hybridized carbons (Fsp3) is 0.536. The molecule has 7 nitrogen and oxygen atoms in total. The van der Waals surface area contributed by atoms with Gasteiger partial charge < -0.3 is 19.7 Å². The van der Waals surface area contributed by atoms with Gasteiger partial charge in [-0.05, 0) is 42.0 Å². The van der Waals surface area contributed by atoms with E-state index < -0.39 is 6.10 Å². The van der Waals surface area contributed by atoms with Crippen LogP contribution in [0.1, 0.15) is 51.0 Å². The topological polar surface area (TPSA) is 105 Å². The average Bonchev–Trinajstić information content (AvgIpc) is 3.41. The number of fused-ring (bicyclic) bond motifs is 1. The zero-order valence-corrected chi connectivity index (χ0v) is 23.1.